The summed E-state index contributed by atoms with van der Waals surface area (Å²) in [6.45, 7) is 7.41. The van der Waals surface area contributed by atoms with E-state index in [1.165, 1.54) is 0 Å². The molecule has 2 heterocycles. The van der Waals surface area contributed by atoms with E-state index in [0.717, 1.165) is 64.3 Å². The summed E-state index contributed by atoms with van der Waals surface area (Å²) in [4.78, 5) is 21.1. The first-order valence-electron chi connectivity index (χ1n) is 7.42. The maximum absolute atomic E-state index is 11.6. The summed E-state index contributed by atoms with van der Waals surface area (Å²) in [7, 11) is 0. The molecular weight excluding hydrogens is 256 g/mol. The Morgan fingerprint density at radius 3 is 3.00 bits per heavy atom. The van der Waals surface area contributed by atoms with Crippen molar-refractivity contribution in [2.45, 2.75) is 26.2 Å². The van der Waals surface area contributed by atoms with E-state index < -0.39 is 0 Å². The molecule has 20 heavy (non-hydrogen) atoms. The van der Waals surface area contributed by atoms with Crippen molar-refractivity contribution >= 4 is 5.95 Å². The smallest absolute Gasteiger partial charge is 0.252 e. The lowest BCUT2D eigenvalue weighted by atomic mass is 10.2. The molecular formula is C14H24N4O2. The molecule has 1 aliphatic heterocycles. The number of unbranched alkanes of at least 4 members (excludes halogenated alkanes) is 1. The zero-order chi connectivity index (χ0) is 14.2. The number of hydrogen-bond acceptors (Lipinski definition) is 5. The lowest BCUT2D eigenvalue weighted by Gasteiger charge is -2.26. The highest BCUT2D eigenvalue weighted by molar-refractivity contribution is 5.25. The molecule has 1 aliphatic rings. The fourth-order valence-corrected chi connectivity index (χ4v) is 2.23. The molecule has 1 fully saturated rings. The van der Waals surface area contributed by atoms with Gasteiger partial charge in [0.15, 0.2) is 0 Å². The van der Waals surface area contributed by atoms with Gasteiger partial charge in [-0.05, 0) is 12.8 Å². The number of nitrogens with one attached hydrogen (secondary N) is 2. The minimum absolute atomic E-state index is 0.0834. The fraction of sp³-hybridized carbons (Fsp3) is 0.714. The molecule has 0 saturated carbocycles. The molecule has 0 atom stereocenters. The highest BCUT2D eigenvalue weighted by Crippen LogP contribution is 2.02. The normalized spacial score (nSPS) is 16.2. The van der Waals surface area contributed by atoms with Crippen molar-refractivity contribution in [3.05, 3.63) is 22.1 Å². The minimum atomic E-state index is -0.0834. The molecule has 1 aromatic rings. The molecule has 1 saturated heterocycles. The van der Waals surface area contributed by atoms with E-state index >= 15 is 0 Å². The van der Waals surface area contributed by atoms with Crippen LogP contribution in [0.5, 0.6) is 0 Å². The quantitative estimate of drug-likeness (QED) is 0.775. The van der Waals surface area contributed by atoms with Crippen LogP contribution in [0.4, 0.5) is 5.95 Å². The van der Waals surface area contributed by atoms with Gasteiger partial charge < -0.3 is 10.1 Å². The van der Waals surface area contributed by atoms with Gasteiger partial charge in [0.25, 0.3) is 5.56 Å². The largest absolute Gasteiger partial charge is 0.379 e. The Kier molecular flexibility index (Phi) is 6.01. The molecule has 0 radical (unpaired) electrons. The van der Waals surface area contributed by atoms with Gasteiger partial charge in [-0.2, -0.15) is 0 Å². The van der Waals surface area contributed by atoms with Crippen LogP contribution in [0.25, 0.3) is 0 Å². The molecule has 6 nitrogen and oxygen atoms in total. The zero-order valence-corrected chi connectivity index (χ0v) is 12.2. The summed E-state index contributed by atoms with van der Waals surface area (Å²) in [5.41, 5.74) is 0.782. The maximum atomic E-state index is 11.6. The van der Waals surface area contributed by atoms with Crippen LogP contribution in [0.2, 0.25) is 0 Å². The third-order valence-electron chi connectivity index (χ3n) is 3.41. The maximum Gasteiger partial charge on any atom is 0.252 e. The number of nitrogens with zero attached hydrogens (tertiary/aromatic N) is 2. The van der Waals surface area contributed by atoms with E-state index in [1.807, 2.05) is 0 Å². The molecule has 1 aromatic heterocycles. The third kappa shape index (κ3) is 4.94. The van der Waals surface area contributed by atoms with Gasteiger partial charge in [0.2, 0.25) is 5.95 Å². The van der Waals surface area contributed by atoms with Crippen LogP contribution < -0.4 is 10.9 Å². The third-order valence-corrected chi connectivity index (χ3v) is 3.41. The van der Waals surface area contributed by atoms with Crippen molar-refractivity contribution in [3.63, 3.8) is 0 Å². The van der Waals surface area contributed by atoms with Gasteiger partial charge in [-0.3, -0.25) is 14.7 Å². The number of aromatic nitrogens is 2. The van der Waals surface area contributed by atoms with Crippen LogP contribution in [0.15, 0.2) is 10.9 Å². The van der Waals surface area contributed by atoms with E-state index in [2.05, 4.69) is 27.1 Å². The van der Waals surface area contributed by atoms with E-state index in [4.69, 9.17) is 4.74 Å². The summed E-state index contributed by atoms with van der Waals surface area (Å²) in [5, 5.41) is 3.20. The molecule has 2 N–H and O–H groups in total. The second-order valence-electron chi connectivity index (χ2n) is 5.07. The van der Waals surface area contributed by atoms with Gasteiger partial charge in [0.1, 0.15) is 0 Å². The average molecular weight is 280 g/mol. The van der Waals surface area contributed by atoms with Gasteiger partial charge in [-0.25, -0.2) is 4.98 Å². The van der Waals surface area contributed by atoms with Gasteiger partial charge >= 0.3 is 0 Å². The predicted octanol–water partition coefficient (Wildman–Crippen LogP) is 0.857. The Morgan fingerprint density at radius 1 is 1.45 bits per heavy atom. The molecule has 0 unspecified atom stereocenters. The summed E-state index contributed by atoms with van der Waals surface area (Å²) in [6.07, 6.45) is 3.02. The van der Waals surface area contributed by atoms with E-state index in [-0.39, 0.29) is 5.56 Å². The number of hydrogen-bond donors (Lipinski definition) is 2. The average Bonchev–Trinajstić information content (AvgIpc) is 2.46. The highest BCUT2D eigenvalue weighted by Gasteiger charge is 2.09. The number of morpholine rings is 1. The molecule has 2 rings (SSSR count). The van der Waals surface area contributed by atoms with Crippen LogP contribution in [-0.4, -0.2) is 54.3 Å². The van der Waals surface area contributed by atoms with Crippen LogP contribution in [0.1, 0.15) is 25.5 Å². The standard InChI is InChI=1S/C14H24N4O2/c1-2-3-4-12-11-13(19)17-14(16-12)15-5-6-18-7-9-20-10-8-18/h11H,2-10H2,1H3,(H2,15,16,17,19). The number of anilines is 1. The Bertz CT molecular complexity index is 455. The number of rotatable bonds is 7. The lowest BCUT2D eigenvalue weighted by molar-refractivity contribution is 0.0398. The Labute approximate surface area is 119 Å². The Morgan fingerprint density at radius 2 is 2.25 bits per heavy atom. The van der Waals surface area contributed by atoms with E-state index in [9.17, 15) is 4.79 Å². The fourth-order valence-electron chi connectivity index (χ4n) is 2.23. The topological polar surface area (TPSA) is 70.2 Å². The molecule has 0 amide bonds. The summed E-state index contributed by atoms with van der Waals surface area (Å²) >= 11 is 0. The second kappa shape index (κ2) is 8.01. The molecule has 112 valence electrons. The summed E-state index contributed by atoms with van der Waals surface area (Å²) < 4.78 is 5.31. The van der Waals surface area contributed by atoms with Crippen LogP contribution in [0, 0.1) is 0 Å². The van der Waals surface area contributed by atoms with Gasteiger partial charge in [0.05, 0.1) is 13.2 Å². The molecule has 0 aliphatic carbocycles. The molecule has 0 aromatic carbocycles. The van der Waals surface area contributed by atoms with Crippen molar-refractivity contribution in [1.29, 1.82) is 0 Å². The number of aromatic amines is 1. The zero-order valence-electron chi connectivity index (χ0n) is 12.2. The SMILES string of the molecule is CCCCc1cc(=O)[nH]c(NCCN2CCOCC2)n1. The van der Waals surface area contributed by atoms with Crippen molar-refractivity contribution in [2.24, 2.45) is 0 Å². The van der Waals surface area contributed by atoms with E-state index in [0.29, 0.717) is 5.95 Å². The summed E-state index contributed by atoms with van der Waals surface area (Å²) in [6, 6.07) is 1.59. The van der Waals surface area contributed by atoms with Crippen LogP contribution in [-0.2, 0) is 11.2 Å². The molecule has 6 heteroatoms. The van der Waals surface area contributed by atoms with Gasteiger partial charge in [-0.1, -0.05) is 13.3 Å². The van der Waals surface area contributed by atoms with E-state index in [1.54, 1.807) is 6.07 Å². The van der Waals surface area contributed by atoms with Crippen molar-refractivity contribution in [2.75, 3.05) is 44.7 Å². The Hall–Kier alpha value is -1.40. The second-order valence-corrected chi connectivity index (χ2v) is 5.07. The first-order chi connectivity index (χ1) is 9.78. The first-order valence-corrected chi connectivity index (χ1v) is 7.42. The summed E-state index contributed by atoms with van der Waals surface area (Å²) in [5.74, 6) is 0.580. The molecule has 0 bridgehead atoms. The Balaban J connectivity index is 1.82. The lowest BCUT2D eigenvalue weighted by Crippen LogP contribution is -2.39. The number of aryl methyl sites for hydroxylation is 1. The van der Waals surface area contributed by atoms with Crippen LogP contribution in [0.3, 0.4) is 0 Å². The van der Waals surface area contributed by atoms with Gasteiger partial charge in [0, 0.05) is 37.9 Å². The van der Waals surface area contributed by atoms with Crippen molar-refractivity contribution in [1.82, 2.24) is 14.9 Å². The van der Waals surface area contributed by atoms with Crippen molar-refractivity contribution in [3.8, 4) is 0 Å². The van der Waals surface area contributed by atoms with Crippen molar-refractivity contribution < 1.29 is 4.74 Å². The first kappa shape index (κ1) is 15.0. The number of ether oxygens (including phenoxy) is 1. The number of H-pyrrole nitrogens is 1. The van der Waals surface area contributed by atoms with Crippen LogP contribution >= 0.6 is 0 Å². The highest BCUT2D eigenvalue weighted by atomic mass is 16.5. The monoisotopic (exact) mass is 280 g/mol. The predicted molar refractivity (Wildman–Crippen MR) is 79.2 cm³/mol. The minimum Gasteiger partial charge on any atom is -0.379 e. The van der Waals surface area contributed by atoms with Gasteiger partial charge in [-0.15, -0.1) is 0 Å². The molecule has 0 spiro atoms.